The minimum Gasteiger partial charge on any atom is -0.478 e. The summed E-state index contributed by atoms with van der Waals surface area (Å²) >= 11 is 1.99. The van der Waals surface area contributed by atoms with Crippen LogP contribution in [0.3, 0.4) is 0 Å². The fraction of sp³-hybridized carbons (Fsp3) is 0.727. The predicted molar refractivity (Wildman–Crippen MR) is 64.3 cm³/mol. The van der Waals surface area contributed by atoms with Crippen molar-refractivity contribution >= 4 is 17.7 Å². The average molecular weight is 229 g/mol. The minimum atomic E-state index is -0.848. The highest BCUT2D eigenvalue weighted by atomic mass is 32.2. The van der Waals surface area contributed by atoms with Gasteiger partial charge >= 0.3 is 5.97 Å². The van der Waals surface area contributed by atoms with Crippen molar-refractivity contribution in [3.05, 3.63) is 11.6 Å². The summed E-state index contributed by atoms with van der Waals surface area (Å²) in [5.41, 5.74) is 0.924. The zero-order valence-electron chi connectivity index (χ0n) is 9.56. The molecule has 0 amide bonds. The third-order valence-corrected chi connectivity index (χ3v) is 4.17. The van der Waals surface area contributed by atoms with Crippen molar-refractivity contribution in [2.45, 2.75) is 32.1 Å². The van der Waals surface area contributed by atoms with Crippen molar-refractivity contribution < 1.29 is 9.90 Å². The van der Waals surface area contributed by atoms with Gasteiger partial charge in [-0.05, 0) is 13.8 Å². The first kappa shape index (κ1) is 12.6. The summed E-state index contributed by atoms with van der Waals surface area (Å²) in [6.45, 7) is 8.16. The van der Waals surface area contributed by atoms with E-state index < -0.39 is 5.97 Å². The van der Waals surface area contributed by atoms with Crippen LogP contribution in [0.1, 0.15) is 20.8 Å². The van der Waals surface area contributed by atoms with Crippen molar-refractivity contribution in [3.8, 4) is 0 Å². The zero-order chi connectivity index (χ0) is 11.4. The van der Waals surface area contributed by atoms with Crippen LogP contribution in [0.15, 0.2) is 11.6 Å². The molecule has 2 atom stereocenters. The highest BCUT2D eigenvalue weighted by molar-refractivity contribution is 8.00. The van der Waals surface area contributed by atoms with Crippen LogP contribution in [0.4, 0.5) is 0 Å². The van der Waals surface area contributed by atoms with Gasteiger partial charge in [0.25, 0.3) is 0 Å². The third kappa shape index (κ3) is 3.87. The topological polar surface area (TPSA) is 40.5 Å². The molecule has 2 unspecified atom stereocenters. The van der Waals surface area contributed by atoms with Gasteiger partial charge in [-0.2, -0.15) is 11.8 Å². The van der Waals surface area contributed by atoms with Crippen LogP contribution in [0.25, 0.3) is 0 Å². The van der Waals surface area contributed by atoms with Gasteiger partial charge in [-0.3, -0.25) is 4.90 Å². The molecule has 1 saturated heterocycles. The van der Waals surface area contributed by atoms with Crippen molar-refractivity contribution in [1.29, 1.82) is 0 Å². The number of hydrogen-bond acceptors (Lipinski definition) is 3. The van der Waals surface area contributed by atoms with E-state index in [0.29, 0.717) is 11.3 Å². The Labute approximate surface area is 95.5 Å². The summed E-state index contributed by atoms with van der Waals surface area (Å²) < 4.78 is 0. The summed E-state index contributed by atoms with van der Waals surface area (Å²) in [6.07, 6.45) is 1.30. The molecular weight excluding hydrogens is 210 g/mol. The average Bonchev–Trinajstić information content (AvgIpc) is 2.11. The Hall–Kier alpha value is -0.480. The van der Waals surface area contributed by atoms with Crippen LogP contribution in [-0.2, 0) is 4.79 Å². The Morgan fingerprint density at radius 1 is 1.60 bits per heavy atom. The van der Waals surface area contributed by atoms with E-state index in [9.17, 15) is 4.79 Å². The maximum atomic E-state index is 10.5. The Morgan fingerprint density at radius 2 is 2.27 bits per heavy atom. The maximum Gasteiger partial charge on any atom is 0.328 e. The molecule has 4 heteroatoms. The van der Waals surface area contributed by atoms with E-state index in [2.05, 4.69) is 18.7 Å². The lowest BCUT2D eigenvalue weighted by atomic mass is 10.1. The molecule has 0 aromatic carbocycles. The standard InChI is InChI=1S/C11H19NO2S/c1-8(6-11(13)14)7-12-4-5-15-10(3)9(12)2/h6,9-10H,4-5,7H2,1-3H3,(H,13,14)/b8-6+. The van der Waals surface area contributed by atoms with Gasteiger partial charge in [-0.1, -0.05) is 12.5 Å². The first-order valence-electron chi connectivity index (χ1n) is 5.26. The highest BCUT2D eigenvalue weighted by Crippen LogP contribution is 2.24. The summed E-state index contributed by atoms with van der Waals surface area (Å²) in [5.74, 6) is 0.297. The number of carbonyl (C=O) groups is 1. The van der Waals surface area contributed by atoms with Crippen LogP contribution in [0, 0.1) is 0 Å². The van der Waals surface area contributed by atoms with Gasteiger partial charge in [-0.25, -0.2) is 4.79 Å². The molecule has 1 rings (SSSR count). The summed E-state index contributed by atoms with van der Waals surface area (Å²) in [5, 5.41) is 9.27. The Bertz CT molecular complexity index is 265. The molecule has 1 fully saturated rings. The molecule has 1 heterocycles. The first-order chi connectivity index (χ1) is 7.00. The third-order valence-electron chi connectivity index (χ3n) is 2.84. The SMILES string of the molecule is C/C(=C\C(=O)O)CN1CCSC(C)C1C. The van der Waals surface area contributed by atoms with Gasteiger partial charge in [0.2, 0.25) is 0 Å². The first-order valence-corrected chi connectivity index (χ1v) is 6.31. The number of rotatable bonds is 3. The number of aliphatic carboxylic acids is 1. The molecule has 0 bridgehead atoms. The lowest BCUT2D eigenvalue weighted by Gasteiger charge is -2.37. The van der Waals surface area contributed by atoms with Gasteiger partial charge in [0.05, 0.1) is 0 Å². The minimum absolute atomic E-state index is 0.529. The van der Waals surface area contributed by atoms with Crippen LogP contribution < -0.4 is 0 Å². The highest BCUT2D eigenvalue weighted by Gasteiger charge is 2.24. The van der Waals surface area contributed by atoms with Crippen LogP contribution >= 0.6 is 11.8 Å². The van der Waals surface area contributed by atoms with E-state index >= 15 is 0 Å². The van der Waals surface area contributed by atoms with Gasteiger partial charge < -0.3 is 5.11 Å². The lowest BCUT2D eigenvalue weighted by molar-refractivity contribution is -0.131. The molecule has 0 aromatic heterocycles. The summed E-state index contributed by atoms with van der Waals surface area (Å²) in [7, 11) is 0. The maximum absolute atomic E-state index is 10.5. The summed E-state index contributed by atoms with van der Waals surface area (Å²) in [6, 6.07) is 0.529. The number of hydrogen-bond donors (Lipinski definition) is 1. The van der Waals surface area contributed by atoms with Crippen LogP contribution in [0.5, 0.6) is 0 Å². The number of thioether (sulfide) groups is 1. The second kappa shape index (κ2) is 5.56. The predicted octanol–water partition coefficient (Wildman–Crippen LogP) is 1.84. The fourth-order valence-electron chi connectivity index (χ4n) is 1.80. The van der Waals surface area contributed by atoms with Crippen molar-refractivity contribution in [1.82, 2.24) is 4.90 Å². The van der Waals surface area contributed by atoms with Crippen molar-refractivity contribution in [2.75, 3.05) is 18.8 Å². The molecule has 0 radical (unpaired) electrons. The van der Waals surface area contributed by atoms with Crippen LogP contribution in [0.2, 0.25) is 0 Å². The van der Waals surface area contributed by atoms with E-state index in [1.165, 1.54) is 6.08 Å². The van der Waals surface area contributed by atoms with Gasteiger partial charge in [-0.15, -0.1) is 0 Å². The molecule has 1 N–H and O–H groups in total. The smallest absolute Gasteiger partial charge is 0.328 e. The van der Waals surface area contributed by atoms with Gasteiger partial charge in [0, 0.05) is 36.2 Å². The van der Waals surface area contributed by atoms with Gasteiger partial charge in [0.15, 0.2) is 0 Å². The number of nitrogens with zero attached hydrogens (tertiary/aromatic N) is 1. The molecule has 0 aromatic rings. The lowest BCUT2D eigenvalue weighted by Crippen LogP contribution is -2.45. The Morgan fingerprint density at radius 3 is 2.87 bits per heavy atom. The molecular formula is C11H19NO2S. The molecule has 86 valence electrons. The quantitative estimate of drug-likeness (QED) is 0.750. The van der Waals surface area contributed by atoms with Gasteiger partial charge in [0.1, 0.15) is 0 Å². The Balaban J connectivity index is 2.53. The van der Waals surface area contributed by atoms with E-state index in [0.717, 1.165) is 24.4 Å². The van der Waals surface area contributed by atoms with E-state index in [4.69, 9.17) is 5.11 Å². The van der Waals surface area contributed by atoms with Crippen molar-refractivity contribution in [2.24, 2.45) is 0 Å². The molecule has 1 aliphatic rings. The Kier molecular flexibility index (Phi) is 4.67. The zero-order valence-corrected chi connectivity index (χ0v) is 10.4. The largest absolute Gasteiger partial charge is 0.478 e. The summed E-state index contributed by atoms with van der Waals surface area (Å²) in [4.78, 5) is 12.9. The normalized spacial score (nSPS) is 29.1. The van der Waals surface area contributed by atoms with E-state index in [-0.39, 0.29) is 0 Å². The molecule has 15 heavy (non-hydrogen) atoms. The van der Waals surface area contributed by atoms with Crippen molar-refractivity contribution in [3.63, 3.8) is 0 Å². The van der Waals surface area contributed by atoms with E-state index in [1.54, 1.807) is 0 Å². The molecule has 0 saturated carbocycles. The molecule has 3 nitrogen and oxygen atoms in total. The second-order valence-electron chi connectivity index (χ2n) is 4.12. The van der Waals surface area contributed by atoms with Crippen LogP contribution in [-0.4, -0.2) is 46.1 Å². The molecule has 0 spiro atoms. The van der Waals surface area contributed by atoms with E-state index in [1.807, 2.05) is 18.7 Å². The fourth-order valence-corrected chi connectivity index (χ4v) is 2.96. The number of carboxylic acids is 1. The number of carboxylic acid groups (broad SMARTS) is 1. The molecule has 0 aliphatic carbocycles. The second-order valence-corrected chi connectivity index (χ2v) is 5.60. The monoisotopic (exact) mass is 229 g/mol. The molecule has 1 aliphatic heterocycles.